The summed E-state index contributed by atoms with van der Waals surface area (Å²) in [5.74, 6) is 0.790. The van der Waals surface area contributed by atoms with E-state index in [9.17, 15) is 0 Å². The summed E-state index contributed by atoms with van der Waals surface area (Å²) in [6, 6.07) is 0. The lowest BCUT2D eigenvalue weighted by Gasteiger charge is -2.27. The van der Waals surface area contributed by atoms with E-state index in [-0.39, 0.29) is 0 Å². The van der Waals surface area contributed by atoms with Gasteiger partial charge in [-0.05, 0) is 25.8 Å². The zero-order valence-electron chi connectivity index (χ0n) is 9.30. The zero-order chi connectivity index (χ0) is 10.1. The van der Waals surface area contributed by atoms with Crippen LogP contribution >= 0.6 is 0 Å². The van der Waals surface area contributed by atoms with Gasteiger partial charge in [0, 0.05) is 31.2 Å². The van der Waals surface area contributed by atoms with E-state index < -0.39 is 0 Å². The van der Waals surface area contributed by atoms with Crippen LogP contribution in [0.4, 0.5) is 0 Å². The molecule has 0 aliphatic carbocycles. The Morgan fingerprint density at radius 1 is 1.43 bits per heavy atom. The Balaban J connectivity index is 2.16. The van der Waals surface area contributed by atoms with Crippen molar-refractivity contribution >= 4 is 0 Å². The quantitative estimate of drug-likeness (QED) is 0.783. The van der Waals surface area contributed by atoms with Crippen molar-refractivity contribution in [3.8, 4) is 0 Å². The van der Waals surface area contributed by atoms with Gasteiger partial charge in [0.15, 0.2) is 0 Å². The topological polar surface area (TPSA) is 29.9 Å². The third-order valence-corrected chi connectivity index (χ3v) is 3.18. The zero-order valence-corrected chi connectivity index (χ0v) is 9.30. The molecule has 1 aromatic rings. The molecule has 1 aliphatic rings. The van der Waals surface area contributed by atoms with Crippen molar-refractivity contribution in [1.82, 2.24) is 15.1 Å². The standard InChI is InChI=1S/C11H19N3/c1-4-11-8(2)13-14(9(11)3)7-10-5-12-6-10/h10,12H,4-7H2,1-3H3. The van der Waals surface area contributed by atoms with Gasteiger partial charge in [-0.1, -0.05) is 6.92 Å². The van der Waals surface area contributed by atoms with Gasteiger partial charge < -0.3 is 5.32 Å². The molecule has 3 nitrogen and oxygen atoms in total. The van der Waals surface area contributed by atoms with Crippen molar-refractivity contribution < 1.29 is 0 Å². The Bertz CT molecular complexity index is 324. The predicted octanol–water partition coefficient (Wildman–Crippen LogP) is 1.28. The van der Waals surface area contributed by atoms with Crippen molar-refractivity contribution in [2.75, 3.05) is 13.1 Å². The Morgan fingerprint density at radius 2 is 2.14 bits per heavy atom. The Hall–Kier alpha value is -0.830. The molecule has 0 radical (unpaired) electrons. The monoisotopic (exact) mass is 193 g/mol. The molecule has 1 saturated heterocycles. The van der Waals surface area contributed by atoms with Gasteiger partial charge >= 0.3 is 0 Å². The van der Waals surface area contributed by atoms with E-state index in [1.807, 2.05) is 0 Å². The highest BCUT2D eigenvalue weighted by atomic mass is 15.3. The second-order valence-corrected chi connectivity index (χ2v) is 4.21. The lowest BCUT2D eigenvalue weighted by molar-refractivity contribution is 0.292. The van der Waals surface area contributed by atoms with Crippen LogP contribution in [0, 0.1) is 19.8 Å². The van der Waals surface area contributed by atoms with Gasteiger partial charge in [-0.25, -0.2) is 0 Å². The fraction of sp³-hybridized carbons (Fsp3) is 0.727. The molecule has 0 saturated carbocycles. The fourth-order valence-electron chi connectivity index (χ4n) is 2.15. The van der Waals surface area contributed by atoms with Gasteiger partial charge in [0.05, 0.1) is 5.69 Å². The van der Waals surface area contributed by atoms with Crippen LogP contribution < -0.4 is 5.32 Å². The summed E-state index contributed by atoms with van der Waals surface area (Å²) in [6.45, 7) is 9.89. The van der Waals surface area contributed by atoms with E-state index in [1.165, 1.54) is 17.0 Å². The van der Waals surface area contributed by atoms with Crippen LogP contribution in [0.1, 0.15) is 23.9 Å². The van der Waals surface area contributed by atoms with E-state index >= 15 is 0 Å². The molecular weight excluding hydrogens is 174 g/mol. The van der Waals surface area contributed by atoms with Crippen LogP contribution in [0.3, 0.4) is 0 Å². The summed E-state index contributed by atoms with van der Waals surface area (Å²) in [6.07, 6.45) is 1.10. The Labute approximate surface area is 85.5 Å². The van der Waals surface area contributed by atoms with Crippen molar-refractivity contribution in [3.05, 3.63) is 17.0 Å². The molecule has 0 unspecified atom stereocenters. The minimum Gasteiger partial charge on any atom is -0.316 e. The molecule has 0 aromatic carbocycles. The van der Waals surface area contributed by atoms with Gasteiger partial charge in [0.1, 0.15) is 0 Å². The lowest BCUT2D eigenvalue weighted by atomic mass is 10.0. The first kappa shape index (κ1) is 9.71. The van der Waals surface area contributed by atoms with Crippen LogP contribution in [-0.2, 0) is 13.0 Å². The van der Waals surface area contributed by atoms with E-state index in [0.29, 0.717) is 0 Å². The molecule has 14 heavy (non-hydrogen) atoms. The average molecular weight is 193 g/mol. The molecule has 1 N–H and O–H groups in total. The summed E-state index contributed by atoms with van der Waals surface area (Å²) in [5.41, 5.74) is 3.99. The second-order valence-electron chi connectivity index (χ2n) is 4.21. The average Bonchev–Trinajstić information content (AvgIpc) is 2.35. The number of aromatic nitrogens is 2. The van der Waals surface area contributed by atoms with Crippen molar-refractivity contribution in [2.45, 2.75) is 33.7 Å². The number of aryl methyl sites for hydroxylation is 1. The Morgan fingerprint density at radius 3 is 2.57 bits per heavy atom. The minimum absolute atomic E-state index is 0.790. The van der Waals surface area contributed by atoms with Gasteiger partial charge in [0.2, 0.25) is 0 Å². The number of nitrogens with zero attached hydrogens (tertiary/aromatic N) is 2. The highest BCUT2D eigenvalue weighted by Gasteiger charge is 2.19. The highest BCUT2D eigenvalue weighted by Crippen LogP contribution is 2.16. The van der Waals surface area contributed by atoms with Gasteiger partial charge in [-0.3, -0.25) is 4.68 Å². The van der Waals surface area contributed by atoms with E-state index in [4.69, 9.17) is 0 Å². The van der Waals surface area contributed by atoms with Gasteiger partial charge in [-0.15, -0.1) is 0 Å². The van der Waals surface area contributed by atoms with E-state index in [1.54, 1.807) is 0 Å². The lowest BCUT2D eigenvalue weighted by Crippen LogP contribution is -2.44. The van der Waals surface area contributed by atoms with Crippen LogP contribution in [0.15, 0.2) is 0 Å². The second kappa shape index (κ2) is 3.73. The van der Waals surface area contributed by atoms with Crippen molar-refractivity contribution in [2.24, 2.45) is 5.92 Å². The number of hydrogen-bond donors (Lipinski definition) is 1. The van der Waals surface area contributed by atoms with Crippen LogP contribution in [0.2, 0.25) is 0 Å². The normalized spacial score (nSPS) is 17.1. The molecule has 1 aliphatic heterocycles. The largest absolute Gasteiger partial charge is 0.316 e. The van der Waals surface area contributed by atoms with Gasteiger partial charge in [-0.2, -0.15) is 5.10 Å². The summed E-state index contributed by atoms with van der Waals surface area (Å²) in [5, 5.41) is 7.89. The van der Waals surface area contributed by atoms with Crippen molar-refractivity contribution in [3.63, 3.8) is 0 Å². The van der Waals surface area contributed by atoms with Crippen LogP contribution in [0.25, 0.3) is 0 Å². The molecule has 2 rings (SSSR count). The third kappa shape index (κ3) is 1.57. The molecule has 78 valence electrons. The fourth-order valence-corrected chi connectivity index (χ4v) is 2.15. The minimum atomic E-state index is 0.790. The number of nitrogens with one attached hydrogen (secondary N) is 1. The number of rotatable bonds is 3. The maximum Gasteiger partial charge on any atom is 0.0628 e. The first-order valence-electron chi connectivity index (χ1n) is 5.46. The highest BCUT2D eigenvalue weighted by molar-refractivity contribution is 5.24. The van der Waals surface area contributed by atoms with Crippen LogP contribution in [-0.4, -0.2) is 22.9 Å². The Kier molecular flexibility index (Phi) is 2.59. The predicted molar refractivity (Wildman–Crippen MR) is 57.4 cm³/mol. The summed E-state index contributed by atoms with van der Waals surface area (Å²) in [4.78, 5) is 0. The first-order chi connectivity index (χ1) is 6.72. The summed E-state index contributed by atoms with van der Waals surface area (Å²) in [7, 11) is 0. The summed E-state index contributed by atoms with van der Waals surface area (Å²) >= 11 is 0. The van der Waals surface area contributed by atoms with Crippen LogP contribution in [0.5, 0.6) is 0 Å². The first-order valence-corrected chi connectivity index (χ1v) is 5.46. The maximum absolute atomic E-state index is 4.59. The van der Waals surface area contributed by atoms with Crippen molar-refractivity contribution in [1.29, 1.82) is 0 Å². The molecule has 1 aromatic heterocycles. The van der Waals surface area contributed by atoms with E-state index in [2.05, 4.69) is 35.9 Å². The molecule has 0 atom stereocenters. The molecule has 2 heterocycles. The molecule has 0 amide bonds. The molecular formula is C11H19N3. The van der Waals surface area contributed by atoms with E-state index in [0.717, 1.165) is 32.0 Å². The maximum atomic E-state index is 4.59. The summed E-state index contributed by atoms with van der Waals surface area (Å²) < 4.78 is 2.18. The molecule has 0 spiro atoms. The smallest absolute Gasteiger partial charge is 0.0628 e. The third-order valence-electron chi connectivity index (χ3n) is 3.18. The SMILES string of the molecule is CCc1c(C)nn(CC2CNC2)c1C. The molecule has 1 fully saturated rings. The molecule has 0 bridgehead atoms. The van der Waals surface area contributed by atoms with Gasteiger partial charge in [0.25, 0.3) is 0 Å². The molecule has 3 heteroatoms. The number of hydrogen-bond acceptors (Lipinski definition) is 2.